The first-order valence-electron chi connectivity index (χ1n) is 6.47. The zero-order valence-corrected chi connectivity index (χ0v) is 11.9. The van der Waals surface area contributed by atoms with E-state index < -0.39 is 0 Å². The maximum Gasteiger partial charge on any atom is 0.196 e. The summed E-state index contributed by atoms with van der Waals surface area (Å²) < 4.78 is 5.55. The van der Waals surface area contributed by atoms with Gasteiger partial charge in [0.2, 0.25) is 0 Å². The molecule has 0 N–H and O–H groups in total. The van der Waals surface area contributed by atoms with Gasteiger partial charge >= 0.3 is 0 Å². The lowest BCUT2D eigenvalue weighted by molar-refractivity contribution is 0.0999. The molecular formula is C18H11ClO2. The molecule has 0 spiro atoms. The lowest BCUT2D eigenvalue weighted by Crippen LogP contribution is -2.18. The van der Waals surface area contributed by atoms with Crippen LogP contribution >= 0.6 is 11.6 Å². The summed E-state index contributed by atoms with van der Waals surface area (Å²) in [5.74, 6) is 6.37. The number of allylic oxidation sites excluding steroid dienone is 1. The molecule has 102 valence electrons. The van der Waals surface area contributed by atoms with Gasteiger partial charge in [0.25, 0.3) is 0 Å². The highest BCUT2D eigenvalue weighted by Gasteiger charge is 2.23. The Labute approximate surface area is 128 Å². The second-order valence-corrected chi connectivity index (χ2v) is 5.00. The summed E-state index contributed by atoms with van der Waals surface area (Å²) in [7, 11) is 0. The number of ketones is 1. The zero-order chi connectivity index (χ0) is 14.7. The van der Waals surface area contributed by atoms with Crippen LogP contribution in [-0.2, 0) is 0 Å². The van der Waals surface area contributed by atoms with Crippen LogP contribution in [0.5, 0.6) is 5.75 Å². The number of Topliss-reactive ketones (excluding diaryl/α,β-unsaturated/α-hetero) is 1. The van der Waals surface area contributed by atoms with Gasteiger partial charge < -0.3 is 4.74 Å². The van der Waals surface area contributed by atoms with Gasteiger partial charge in [0, 0.05) is 16.2 Å². The minimum Gasteiger partial charge on any atom is -0.488 e. The number of halogens is 1. The molecule has 0 saturated carbocycles. The van der Waals surface area contributed by atoms with Gasteiger partial charge in [0.05, 0.1) is 5.56 Å². The standard InChI is InChI=1S/C18H11ClO2/c19-15-9-10-17-16(11-15)18(20)14(12-21-17)8-4-7-13-5-2-1-3-6-13/h1-3,5-6,8-11H,12H2/b14-8+. The molecule has 1 aliphatic heterocycles. The summed E-state index contributed by atoms with van der Waals surface area (Å²) >= 11 is 5.92. The fourth-order valence-corrected chi connectivity index (χ4v) is 2.21. The Morgan fingerprint density at radius 3 is 2.76 bits per heavy atom. The zero-order valence-electron chi connectivity index (χ0n) is 11.1. The molecule has 0 unspecified atom stereocenters. The van der Waals surface area contributed by atoms with Gasteiger partial charge in [-0.2, -0.15) is 0 Å². The van der Waals surface area contributed by atoms with Crippen molar-refractivity contribution in [3.05, 3.63) is 76.3 Å². The topological polar surface area (TPSA) is 26.3 Å². The molecule has 0 amide bonds. The van der Waals surface area contributed by atoms with Crippen molar-refractivity contribution in [1.82, 2.24) is 0 Å². The Morgan fingerprint density at radius 1 is 1.14 bits per heavy atom. The Morgan fingerprint density at radius 2 is 1.95 bits per heavy atom. The van der Waals surface area contributed by atoms with Gasteiger partial charge in [-0.05, 0) is 36.4 Å². The minimum absolute atomic E-state index is 0.0823. The molecule has 0 saturated heterocycles. The molecule has 0 fully saturated rings. The van der Waals surface area contributed by atoms with Gasteiger partial charge in [-0.1, -0.05) is 41.6 Å². The van der Waals surface area contributed by atoms with E-state index in [9.17, 15) is 4.79 Å². The molecule has 21 heavy (non-hydrogen) atoms. The monoisotopic (exact) mass is 294 g/mol. The van der Waals surface area contributed by atoms with E-state index in [1.54, 1.807) is 24.3 Å². The van der Waals surface area contributed by atoms with Crippen LogP contribution in [0.1, 0.15) is 15.9 Å². The van der Waals surface area contributed by atoms with Crippen molar-refractivity contribution in [3.63, 3.8) is 0 Å². The van der Waals surface area contributed by atoms with Crippen LogP contribution < -0.4 is 4.74 Å². The summed E-state index contributed by atoms with van der Waals surface area (Å²) in [6, 6.07) is 14.6. The molecule has 0 atom stereocenters. The van der Waals surface area contributed by atoms with Crippen LogP contribution in [0, 0.1) is 11.8 Å². The fraction of sp³-hybridized carbons (Fsp3) is 0.0556. The van der Waals surface area contributed by atoms with Crippen molar-refractivity contribution in [2.75, 3.05) is 6.61 Å². The Hall–Kier alpha value is -2.50. The number of fused-ring (bicyclic) bond motifs is 1. The average molecular weight is 295 g/mol. The highest BCUT2D eigenvalue weighted by molar-refractivity contribution is 6.31. The van der Waals surface area contributed by atoms with Crippen molar-refractivity contribution in [1.29, 1.82) is 0 Å². The van der Waals surface area contributed by atoms with Gasteiger partial charge in [0.15, 0.2) is 5.78 Å². The van der Waals surface area contributed by atoms with E-state index in [0.29, 0.717) is 21.9 Å². The highest BCUT2D eigenvalue weighted by atomic mass is 35.5. The smallest absolute Gasteiger partial charge is 0.196 e. The number of carbonyl (C=O) groups is 1. The van der Waals surface area contributed by atoms with Crippen molar-refractivity contribution < 1.29 is 9.53 Å². The van der Waals surface area contributed by atoms with E-state index in [0.717, 1.165) is 5.56 Å². The van der Waals surface area contributed by atoms with Gasteiger partial charge in [0.1, 0.15) is 12.4 Å². The first-order valence-corrected chi connectivity index (χ1v) is 6.84. The number of benzene rings is 2. The SMILES string of the molecule is O=C1/C(=C/C#Cc2ccccc2)COc2ccc(Cl)cc21. The third-order valence-electron chi connectivity index (χ3n) is 3.10. The Bertz CT molecular complexity index is 780. The van der Waals surface area contributed by atoms with Crippen molar-refractivity contribution in [2.45, 2.75) is 0 Å². The first kappa shape index (κ1) is 13.5. The van der Waals surface area contributed by atoms with Gasteiger partial charge in [-0.25, -0.2) is 0 Å². The molecule has 0 aromatic heterocycles. The van der Waals surface area contributed by atoms with Crippen LogP contribution in [0.3, 0.4) is 0 Å². The molecule has 3 heteroatoms. The van der Waals surface area contributed by atoms with E-state index in [1.165, 1.54) is 0 Å². The van der Waals surface area contributed by atoms with Gasteiger partial charge in [-0.15, -0.1) is 0 Å². The summed E-state index contributed by atoms with van der Waals surface area (Å²) in [5.41, 5.74) is 1.93. The lowest BCUT2D eigenvalue weighted by atomic mass is 10.0. The second-order valence-electron chi connectivity index (χ2n) is 4.56. The third kappa shape index (κ3) is 2.99. The molecule has 0 radical (unpaired) electrons. The van der Waals surface area contributed by atoms with E-state index >= 15 is 0 Å². The Balaban J connectivity index is 1.87. The Kier molecular flexibility index (Phi) is 3.77. The summed E-state index contributed by atoms with van der Waals surface area (Å²) in [6.45, 7) is 0.233. The summed E-state index contributed by atoms with van der Waals surface area (Å²) in [5, 5.41) is 0.516. The molecule has 1 aliphatic rings. The van der Waals surface area contributed by atoms with E-state index in [1.807, 2.05) is 30.3 Å². The number of ether oxygens (including phenoxy) is 1. The minimum atomic E-state index is -0.0823. The van der Waals surface area contributed by atoms with Crippen LogP contribution in [-0.4, -0.2) is 12.4 Å². The van der Waals surface area contributed by atoms with E-state index in [-0.39, 0.29) is 12.4 Å². The second kappa shape index (κ2) is 5.87. The van der Waals surface area contributed by atoms with Crippen molar-refractivity contribution >= 4 is 17.4 Å². The predicted octanol–water partition coefficient (Wildman–Crippen LogP) is 3.89. The van der Waals surface area contributed by atoms with E-state index in [2.05, 4.69) is 11.8 Å². The number of hydrogen-bond acceptors (Lipinski definition) is 2. The average Bonchev–Trinajstić information content (AvgIpc) is 2.51. The van der Waals surface area contributed by atoms with Crippen LogP contribution in [0.4, 0.5) is 0 Å². The first-order chi connectivity index (χ1) is 10.2. The van der Waals surface area contributed by atoms with Crippen molar-refractivity contribution in [3.8, 4) is 17.6 Å². The maximum atomic E-state index is 12.3. The molecule has 1 heterocycles. The quantitative estimate of drug-likeness (QED) is 0.544. The lowest BCUT2D eigenvalue weighted by Gasteiger charge is -2.18. The normalized spacial score (nSPS) is 14.9. The van der Waals surface area contributed by atoms with E-state index in [4.69, 9.17) is 16.3 Å². The molecule has 0 bridgehead atoms. The van der Waals surface area contributed by atoms with Crippen LogP contribution in [0.15, 0.2) is 60.2 Å². The summed E-state index contributed by atoms with van der Waals surface area (Å²) in [6.07, 6.45) is 1.61. The molecule has 3 rings (SSSR count). The number of carbonyl (C=O) groups excluding carboxylic acids is 1. The predicted molar refractivity (Wildman–Crippen MR) is 82.7 cm³/mol. The molecule has 2 aromatic rings. The maximum absolute atomic E-state index is 12.3. The summed E-state index contributed by atoms with van der Waals surface area (Å²) in [4.78, 5) is 12.3. The largest absolute Gasteiger partial charge is 0.488 e. The van der Waals surface area contributed by atoms with Crippen LogP contribution in [0.2, 0.25) is 5.02 Å². The number of rotatable bonds is 0. The van der Waals surface area contributed by atoms with Crippen LogP contribution in [0.25, 0.3) is 0 Å². The highest BCUT2D eigenvalue weighted by Crippen LogP contribution is 2.29. The molecular weight excluding hydrogens is 284 g/mol. The fourth-order valence-electron chi connectivity index (χ4n) is 2.03. The molecule has 2 aromatic carbocycles. The molecule has 2 nitrogen and oxygen atoms in total. The molecule has 0 aliphatic carbocycles. The third-order valence-corrected chi connectivity index (χ3v) is 3.33. The van der Waals surface area contributed by atoms with Gasteiger partial charge in [-0.3, -0.25) is 4.79 Å². The number of hydrogen-bond donors (Lipinski definition) is 0. The van der Waals surface area contributed by atoms with Crippen molar-refractivity contribution in [2.24, 2.45) is 0 Å².